The van der Waals surface area contributed by atoms with Crippen molar-refractivity contribution in [2.45, 2.75) is 25.7 Å². The number of carbonyl (C=O) groups excluding carboxylic acids is 1. The monoisotopic (exact) mass is 444 g/mol. The molecule has 1 aliphatic carbocycles. The summed E-state index contributed by atoms with van der Waals surface area (Å²) >= 11 is 0. The highest BCUT2D eigenvalue weighted by atomic mass is 16.5. The van der Waals surface area contributed by atoms with Gasteiger partial charge in [-0.3, -0.25) is 9.69 Å². The highest BCUT2D eigenvalue weighted by Gasteiger charge is 2.19. The van der Waals surface area contributed by atoms with Crippen LogP contribution in [-0.4, -0.2) is 57.2 Å². The fourth-order valence-electron chi connectivity index (χ4n) is 4.62. The first kappa shape index (κ1) is 22.9. The standard InChI is InChI=1S/C27H32N4O2/c1-33-26-7-3-2-6-25(26)31-16-14-30(15-17-31)13-5-4-12-29-27(32)24-11-10-22-18-21(20-28)8-9-23(22)19-24/h2-3,6-9,18-19H,4-5,10-17H2,1H3,(H,29,32). The van der Waals surface area contributed by atoms with Crippen molar-refractivity contribution in [1.29, 1.82) is 5.26 Å². The smallest absolute Gasteiger partial charge is 0.247 e. The van der Waals surface area contributed by atoms with Gasteiger partial charge in [0.1, 0.15) is 5.75 Å². The fourth-order valence-corrected chi connectivity index (χ4v) is 4.62. The highest BCUT2D eigenvalue weighted by molar-refractivity contribution is 5.98. The molecule has 0 radical (unpaired) electrons. The van der Waals surface area contributed by atoms with Crippen molar-refractivity contribution in [3.8, 4) is 11.8 Å². The second-order valence-electron chi connectivity index (χ2n) is 8.66. The molecular formula is C27H32N4O2. The number of hydrogen-bond acceptors (Lipinski definition) is 5. The van der Waals surface area contributed by atoms with Crippen LogP contribution in [0.3, 0.4) is 0 Å². The number of amides is 1. The van der Waals surface area contributed by atoms with Gasteiger partial charge in [-0.05, 0) is 73.7 Å². The molecule has 33 heavy (non-hydrogen) atoms. The van der Waals surface area contributed by atoms with Crippen LogP contribution in [-0.2, 0) is 11.2 Å². The number of benzene rings is 2. The molecule has 2 aromatic rings. The highest BCUT2D eigenvalue weighted by Crippen LogP contribution is 2.28. The molecule has 0 bridgehead atoms. The Kier molecular flexibility index (Phi) is 7.64. The first-order valence-corrected chi connectivity index (χ1v) is 11.8. The SMILES string of the molecule is COc1ccccc1N1CCN(CCCCNC(=O)C2=Cc3ccc(C#N)cc3CC2)CC1. The van der Waals surface area contributed by atoms with Crippen LogP contribution in [0.4, 0.5) is 5.69 Å². The zero-order valence-corrected chi connectivity index (χ0v) is 19.3. The van der Waals surface area contributed by atoms with Crippen LogP contribution >= 0.6 is 0 Å². The van der Waals surface area contributed by atoms with E-state index in [9.17, 15) is 4.79 Å². The number of nitrogens with zero attached hydrogens (tertiary/aromatic N) is 3. The van der Waals surface area contributed by atoms with E-state index in [2.05, 4.69) is 33.3 Å². The largest absolute Gasteiger partial charge is 0.495 e. The molecule has 0 unspecified atom stereocenters. The van der Waals surface area contributed by atoms with Gasteiger partial charge in [0, 0.05) is 38.3 Å². The van der Waals surface area contributed by atoms with Crippen LogP contribution in [0.5, 0.6) is 5.75 Å². The fraction of sp³-hybridized carbons (Fsp3) is 0.407. The molecule has 0 aromatic heterocycles. The number of fused-ring (bicyclic) bond motifs is 1. The van der Waals surface area contributed by atoms with Crippen molar-refractivity contribution in [3.63, 3.8) is 0 Å². The van der Waals surface area contributed by atoms with Gasteiger partial charge in [0.05, 0.1) is 24.4 Å². The molecule has 2 aromatic carbocycles. The summed E-state index contributed by atoms with van der Waals surface area (Å²) in [6.45, 7) is 5.87. The maximum Gasteiger partial charge on any atom is 0.247 e. The number of rotatable bonds is 8. The number of para-hydroxylation sites is 2. The molecule has 1 saturated heterocycles. The van der Waals surface area contributed by atoms with E-state index in [0.29, 0.717) is 12.1 Å². The lowest BCUT2D eigenvalue weighted by Gasteiger charge is -2.36. The molecule has 1 fully saturated rings. The van der Waals surface area contributed by atoms with E-state index in [4.69, 9.17) is 10.00 Å². The number of hydrogen-bond donors (Lipinski definition) is 1. The number of anilines is 1. The van der Waals surface area contributed by atoms with Gasteiger partial charge < -0.3 is 15.0 Å². The molecule has 172 valence electrons. The Morgan fingerprint density at radius 3 is 2.70 bits per heavy atom. The zero-order valence-electron chi connectivity index (χ0n) is 19.3. The number of nitrogens with one attached hydrogen (secondary N) is 1. The summed E-state index contributed by atoms with van der Waals surface area (Å²) in [5.41, 5.74) is 4.89. The molecule has 6 heteroatoms. The van der Waals surface area contributed by atoms with Gasteiger partial charge in [-0.15, -0.1) is 0 Å². The Hall–Kier alpha value is -3.30. The van der Waals surface area contributed by atoms with Crippen molar-refractivity contribution in [3.05, 3.63) is 64.7 Å². The Morgan fingerprint density at radius 2 is 1.91 bits per heavy atom. The van der Waals surface area contributed by atoms with Gasteiger partial charge in [-0.1, -0.05) is 18.2 Å². The third-order valence-electron chi connectivity index (χ3n) is 6.54. The van der Waals surface area contributed by atoms with E-state index in [0.717, 1.165) is 80.9 Å². The van der Waals surface area contributed by atoms with Gasteiger partial charge in [0.15, 0.2) is 0 Å². The lowest BCUT2D eigenvalue weighted by molar-refractivity contribution is -0.117. The van der Waals surface area contributed by atoms with E-state index in [1.165, 1.54) is 5.69 Å². The van der Waals surface area contributed by atoms with Crippen molar-refractivity contribution >= 4 is 17.7 Å². The number of unbranched alkanes of at least 4 members (excludes halogenated alkanes) is 1. The first-order valence-electron chi connectivity index (χ1n) is 11.8. The third-order valence-corrected chi connectivity index (χ3v) is 6.54. The molecule has 0 atom stereocenters. The summed E-state index contributed by atoms with van der Waals surface area (Å²) < 4.78 is 5.50. The van der Waals surface area contributed by atoms with Gasteiger partial charge in [-0.2, -0.15) is 5.26 Å². The van der Waals surface area contributed by atoms with E-state index < -0.39 is 0 Å². The molecule has 2 aliphatic rings. The van der Waals surface area contributed by atoms with Crippen LogP contribution in [0.15, 0.2) is 48.0 Å². The van der Waals surface area contributed by atoms with Crippen molar-refractivity contribution < 1.29 is 9.53 Å². The van der Waals surface area contributed by atoms with Crippen LogP contribution in [0.1, 0.15) is 36.0 Å². The van der Waals surface area contributed by atoms with Gasteiger partial charge in [0.25, 0.3) is 0 Å². The quantitative estimate of drug-likeness (QED) is 0.630. The number of aryl methyl sites for hydroxylation is 1. The Labute approximate surface area is 196 Å². The lowest BCUT2D eigenvalue weighted by Crippen LogP contribution is -2.46. The number of nitriles is 1. The zero-order chi connectivity index (χ0) is 23.0. The summed E-state index contributed by atoms with van der Waals surface area (Å²) in [7, 11) is 1.73. The van der Waals surface area contributed by atoms with Gasteiger partial charge >= 0.3 is 0 Å². The summed E-state index contributed by atoms with van der Waals surface area (Å²) in [4.78, 5) is 17.5. The van der Waals surface area contributed by atoms with Crippen molar-refractivity contribution in [2.75, 3.05) is 51.3 Å². The first-order chi connectivity index (χ1) is 16.2. The molecule has 1 N–H and O–H groups in total. The average Bonchev–Trinajstić information content (AvgIpc) is 2.88. The molecule has 0 saturated carbocycles. The average molecular weight is 445 g/mol. The summed E-state index contributed by atoms with van der Waals surface area (Å²) in [5, 5.41) is 12.1. The van der Waals surface area contributed by atoms with Crippen LogP contribution in [0.2, 0.25) is 0 Å². The minimum atomic E-state index is 0.0374. The predicted octanol–water partition coefficient (Wildman–Crippen LogP) is 3.62. The van der Waals surface area contributed by atoms with E-state index >= 15 is 0 Å². The van der Waals surface area contributed by atoms with Crippen molar-refractivity contribution in [2.24, 2.45) is 0 Å². The molecule has 1 heterocycles. The number of ether oxygens (including phenoxy) is 1. The normalized spacial score (nSPS) is 15.9. The molecule has 0 spiro atoms. The number of piperazine rings is 1. The Bertz CT molecular complexity index is 1050. The molecule has 4 rings (SSSR count). The third kappa shape index (κ3) is 5.74. The van der Waals surface area contributed by atoms with Gasteiger partial charge in [-0.25, -0.2) is 0 Å². The van der Waals surface area contributed by atoms with E-state index in [1.54, 1.807) is 7.11 Å². The summed E-state index contributed by atoms with van der Waals surface area (Å²) in [5.74, 6) is 0.973. The topological polar surface area (TPSA) is 68.6 Å². The predicted molar refractivity (Wildman–Crippen MR) is 131 cm³/mol. The summed E-state index contributed by atoms with van der Waals surface area (Å²) in [6.07, 6.45) is 5.56. The number of carbonyl (C=O) groups is 1. The van der Waals surface area contributed by atoms with E-state index in [-0.39, 0.29) is 5.91 Å². The molecule has 1 amide bonds. The van der Waals surface area contributed by atoms with Gasteiger partial charge in [0.2, 0.25) is 5.91 Å². The maximum atomic E-state index is 12.6. The Morgan fingerprint density at radius 1 is 1.09 bits per heavy atom. The van der Waals surface area contributed by atoms with Crippen molar-refractivity contribution in [1.82, 2.24) is 10.2 Å². The van der Waals surface area contributed by atoms with Crippen LogP contribution in [0, 0.1) is 11.3 Å². The molecular weight excluding hydrogens is 412 g/mol. The lowest BCUT2D eigenvalue weighted by atomic mass is 9.90. The maximum absolute atomic E-state index is 12.6. The second kappa shape index (κ2) is 11.0. The Balaban J connectivity index is 1.15. The minimum Gasteiger partial charge on any atom is -0.495 e. The van der Waals surface area contributed by atoms with Crippen LogP contribution in [0.25, 0.3) is 6.08 Å². The van der Waals surface area contributed by atoms with E-state index in [1.807, 2.05) is 36.4 Å². The second-order valence-corrected chi connectivity index (χ2v) is 8.66. The molecule has 6 nitrogen and oxygen atoms in total. The van der Waals surface area contributed by atoms with Crippen LogP contribution < -0.4 is 15.0 Å². The molecule has 1 aliphatic heterocycles. The summed E-state index contributed by atoms with van der Waals surface area (Å²) in [6, 6.07) is 16.1. The number of methoxy groups -OCH3 is 1. The minimum absolute atomic E-state index is 0.0374.